The molecule has 0 atom stereocenters. The van der Waals surface area contributed by atoms with E-state index >= 15 is 0 Å². The maximum Gasteiger partial charge on any atom is 0.199 e. The predicted molar refractivity (Wildman–Crippen MR) is 72.5 cm³/mol. The van der Waals surface area contributed by atoms with Gasteiger partial charge >= 0.3 is 0 Å². The molecule has 0 aliphatic heterocycles. The molecule has 0 saturated heterocycles. The normalized spacial score (nSPS) is 11.1. The molecule has 4 heteroatoms. The van der Waals surface area contributed by atoms with Gasteiger partial charge in [0.15, 0.2) is 11.6 Å². The number of ether oxygens (including phenoxy) is 2. The first-order valence-electron chi connectivity index (χ1n) is 6.03. The zero-order valence-corrected chi connectivity index (χ0v) is 11.6. The Hall–Kier alpha value is -2.10. The van der Waals surface area contributed by atoms with E-state index in [1.807, 2.05) is 6.92 Å². The second kappa shape index (κ2) is 6.73. The monoisotopic (exact) mass is 262 g/mol. The van der Waals surface area contributed by atoms with Crippen molar-refractivity contribution in [2.24, 2.45) is 0 Å². The quantitative estimate of drug-likeness (QED) is 0.260. The van der Waals surface area contributed by atoms with E-state index in [1.54, 1.807) is 32.2 Å². The number of Topliss-reactive ketones (excluding diaryl/α,β-unsaturated/α-hetero) is 2. The van der Waals surface area contributed by atoms with Gasteiger partial charge in [-0.15, -0.1) is 0 Å². The SMILES string of the molecule is CCO/C=C(\C(C)=O)C(=O)c1ccc(OC)c(C)c1. The Labute approximate surface area is 113 Å². The molecule has 19 heavy (non-hydrogen) atoms. The van der Waals surface area contributed by atoms with Crippen LogP contribution in [0.1, 0.15) is 29.8 Å². The smallest absolute Gasteiger partial charge is 0.199 e. The van der Waals surface area contributed by atoms with Crippen molar-refractivity contribution < 1.29 is 19.1 Å². The minimum Gasteiger partial charge on any atom is -0.501 e. The molecule has 4 nitrogen and oxygen atoms in total. The summed E-state index contributed by atoms with van der Waals surface area (Å²) in [6.45, 7) is 5.39. The molecule has 0 aliphatic carbocycles. The summed E-state index contributed by atoms with van der Waals surface area (Å²) in [6, 6.07) is 5.04. The van der Waals surface area contributed by atoms with Crippen LogP contribution >= 0.6 is 0 Å². The summed E-state index contributed by atoms with van der Waals surface area (Å²) in [5, 5.41) is 0. The largest absolute Gasteiger partial charge is 0.501 e. The lowest BCUT2D eigenvalue weighted by molar-refractivity contribution is -0.113. The molecule has 1 aromatic carbocycles. The highest BCUT2D eigenvalue weighted by molar-refractivity contribution is 6.25. The number of hydrogen-bond acceptors (Lipinski definition) is 4. The van der Waals surface area contributed by atoms with Crippen LogP contribution in [0.2, 0.25) is 0 Å². The molecule has 0 spiro atoms. The number of rotatable bonds is 6. The molecule has 0 heterocycles. The van der Waals surface area contributed by atoms with E-state index in [0.29, 0.717) is 17.9 Å². The van der Waals surface area contributed by atoms with E-state index in [-0.39, 0.29) is 17.1 Å². The van der Waals surface area contributed by atoms with Crippen LogP contribution in [0.3, 0.4) is 0 Å². The van der Waals surface area contributed by atoms with Crippen molar-refractivity contribution in [1.29, 1.82) is 0 Å². The standard InChI is InChI=1S/C15H18O4/c1-5-19-9-13(11(3)16)15(17)12-6-7-14(18-4)10(2)8-12/h6-9H,5H2,1-4H3/b13-9+. The number of aryl methyl sites for hydroxylation is 1. The first-order valence-corrected chi connectivity index (χ1v) is 6.03. The third kappa shape index (κ3) is 3.68. The number of ketones is 2. The van der Waals surface area contributed by atoms with Gasteiger partial charge in [0.2, 0.25) is 0 Å². The minimum atomic E-state index is -0.341. The second-order valence-corrected chi connectivity index (χ2v) is 4.06. The zero-order chi connectivity index (χ0) is 14.4. The van der Waals surface area contributed by atoms with Crippen LogP contribution in [0.4, 0.5) is 0 Å². The molecular weight excluding hydrogens is 244 g/mol. The first kappa shape index (κ1) is 15.0. The van der Waals surface area contributed by atoms with Crippen molar-refractivity contribution in [3.05, 3.63) is 41.2 Å². The summed E-state index contributed by atoms with van der Waals surface area (Å²) >= 11 is 0. The summed E-state index contributed by atoms with van der Waals surface area (Å²) < 4.78 is 10.2. The van der Waals surface area contributed by atoms with Crippen molar-refractivity contribution in [3.63, 3.8) is 0 Å². The molecule has 0 N–H and O–H groups in total. The van der Waals surface area contributed by atoms with E-state index in [0.717, 1.165) is 5.56 Å². The molecule has 0 saturated carbocycles. The van der Waals surface area contributed by atoms with Crippen LogP contribution in [0.25, 0.3) is 0 Å². The van der Waals surface area contributed by atoms with Crippen LogP contribution in [0, 0.1) is 6.92 Å². The van der Waals surface area contributed by atoms with Crippen LogP contribution in [0.15, 0.2) is 30.0 Å². The van der Waals surface area contributed by atoms with Crippen molar-refractivity contribution in [1.82, 2.24) is 0 Å². The summed E-state index contributed by atoms with van der Waals surface area (Å²) in [5.41, 5.74) is 1.33. The summed E-state index contributed by atoms with van der Waals surface area (Å²) in [5.74, 6) is 0.0494. The highest BCUT2D eigenvalue weighted by atomic mass is 16.5. The fraction of sp³-hybridized carbons (Fsp3) is 0.333. The molecule has 102 valence electrons. The fourth-order valence-electron chi connectivity index (χ4n) is 1.64. The van der Waals surface area contributed by atoms with Gasteiger partial charge in [-0.25, -0.2) is 0 Å². The molecule has 0 aromatic heterocycles. The fourth-order valence-corrected chi connectivity index (χ4v) is 1.64. The van der Waals surface area contributed by atoms with E-state index in [4.69, 9.17) is 9.47 Å². The van der Waals surface area contributed by atoms with Gasteiger partial charge in [-0.2, -0.15) is 0 Å². The molecule has 0 bridgehead atoms. The molecule has 0 unspecified atom stereocenters. The van der Waals surface area contributed by atoms with Gasteiger partial charge in [-0.1, -0.05) is 0 Å². The number of methoxy groups -OCH3 is 1. The summed E-state index contributed by atoms with van der Waals surface area (Å²) in [7, 11) is 1.57. The van der Waals surface area contributed by atoms with Crippen molar-refractivity contribution in [3.8, 4) is 5.75 Å². The first-order chi connectivity index (χ1) is 9.01. The molecular formula is C15H18O4. The third-order valence-electron chi connectivity index (χ3n) is 2.65. The van der Waals surface area contributed by atoms with Crippen molar-refractivity contribution >= 4 is 11.6 Å². The number of carbonyl (C=O) groups is 2. The average molecular weight is 262 g/mol. The van der Waals surface area contributed by atoms with E-state index < -0.39 is 0 Å². The molecule has 1 rings (SSSR count). The lowest BCUT2D eigenvalue weighted by Gasteiger charge is -2.08. The number of allylic oxidation sites excluding steroid dienone is 1. The number of benzene rings is 1. The van der Waals surface area contributed by atoms with Crippen LogP contribution in [-0.2, 0) is 9.53 Å². The molecule has 0 radical (unpaired) electrons. The van der Waals surface area contributed by atoms with Gasteiger partial charge in [0, 0.05) is 5.56 Å². The number of hydrogen-bond donors (Lipinski definition) is 0. The lowest BCUT2D eigenvalue weighted by atomic mass is 10.00. The highest BCUT2D eigenvalue weighted by Crippen LogP contribution is 2.20. The Kier molecular flexibility index (Phi) is 5.30. The van der Waals surface area contributed by atoms with Gasteiger partial charge in [0.05, 0.1) is 25.6 Å². The summed E-state index contributed by atoms with van der Waals surface area (Å²) in [6.07, 6.45) is 1.23. The summed E-state index contributed by atoms with van der Waals surface area (Å²) in [4.78, 5) is 23.7. The van der Waals surface area contributed by atoms with E-state index in [9.17, 15) is 9.59 Å². The highest BCUT2D eigenvalue weighted by Gasteiger charge is 2.18. The molecule has 0 amide bonds. The topological polar surface area (TPSA) is 52.6 Å². The maximum atomic E-state index is 12.2. The van der Waals surface area contributed by atoms with Gasteiger partial charge in [-0.05, 0) is 44.5 Å². The Balaban J connectivity index is 3.10. The van der Waals surface area contributed by atoms with E-state index in [1.165, 1.54) is 13.2 Å². The Morgan fingerprint density at radius 3 is 2.47 bits per heavy atom. The Bertz CT molecular complexity index is 515. The number of carbonyl (C=O) groups excluding carboxylic acids is 2. The second-order valence-electron chi connectivity index (χ2n) is 4.06. The van der Waals surface area contributed by atoms with Gasteiger partial charge < -0.3 is 9.47 Å². The van der Waals surface area contributed by atoms with Gasteiger partial charge in [-0.3, -0.25) is 9.59 Å². The Morgan fingerprint density at radius 1 is 1.32 bits per heavy atom. The molecule has 1 aromatic rings. The van der Waals surface area contributed by atoms with E-state index in [2.05, 4.69) is 0 Å². The van der Waals surface area contributed by atoms with Gasteiger partial charge in [0.1, 0.15) is 5.75 Å². The third-order valence-corrected chi connectivity index (χ3v) is 2.65. The maximum absolute atomic E-state index is 12.2. The predicted octanol–water partition coefficient (Wildman–Crippen LogP) is 2.70. The van der Waals surface area contributed by atoms with Crippen molar-refractivity contribution in [2.75, 3.05) is 13.7 Å². The van der Waals surface area contributed by atoms with Crippen molar-refractivity contribution in [2.45, 2.75) is 20.8 Å². The zero-order valence-electron chi connectivity index (χ0n) is 11.6. The average Bonchev–Trinajstić information content (AvgIpc) is 2.38. The van der Waals surface area contributed by atoms with Gasteiger partial charge in [0.25, 0.3) is 0 Å². The van der Waals surface area contributed by atoms with Crippen LogP contribution in [-0.4, -0.2) is 25.3 Å². The molecule has 0 aliphatic rings. The van der Waals surface area contributed by atoms with Crippen LogP contribution < -0.4 is 4.74 Å². The molecule has 0 fully saturated rings. The Morgan fingerprint density at radius 2 is 2.00 bits per heavy atom. The lowest BCUT2D eigenvalue weighted by Crippen LogP contribution is -2.11. The minimum absolute atomic E-state index is 0.0476. The van der Waals surface area contributed by atoms with Crippen LogP contribution in [0.5, 0.6) is 5.75 Å².